The fourth-order valence-electron chi connectivity index (χ4n) is 5.13. The Bertz CT molecular complexity index is 1230. The number of nitriles is 1. The van der Waals surface area contributed by atoms with Gasteiger partial charge in [0.05, 0.1) is 17.2 Å². The minimum Gasteiger partial charge on any atom is -0.371 e. The Kier molecular flexibility index (Phi) is 5.86. The Balaban J connectivity index is 1.92. The Morgan fingerprint density at radius 1 is 1.06 bits per heavy atom. The quantitative estimate of drug-likeness (QED) is 0.469. The van der Waals surface area contributed by atoms with E-state index >= 15 is 0 Å². The largest absolute Gasteiger partial charge is 0.371 e. The normalized spacial score (nSPS) is 14.2. The summed E-state index contributed by atoms with van der Waals surface area (Å²) >= 11 is 0. The molecule has 0 unspecified atom stereocenters. The van der Waals surface area contributed by atoms with Gasteiger partial charge >= 0.3 is 0 Å². The van der Waals surface area contributed by atoms with Gasteiger partial charge in [0.2, 0.25) is 0 Å². The predicted octanol–water partition coefficient (Wildman–Crippen LogP) is 6.49. The van der Waals surface area contributed by atoms with Crippen LogP contribution in [0.4, 0.5) is 5.69 Å². The predicted molar refractivity (Wildman–Crippen MR) is 132 cm³/mol. The van der Waals surface area contributed by atoms with Gasteiger partial charge in [-0.1, -0.05) is 47.1 Å². The van der Waals surface area contributed by atoms with E-state index in [0.717, 1.165) is 65.6 Å². The number of aromatic amines is 1. The highest BCUT2D eigenvalue weighted by Crippen LogP contribution is 2.45. The zero-order valence-corrected chi connectivity index (χ0v) is 19.9. The first-order chi connectivity index (χ1) is 15.4. The van der Waals surface area contributed by atoms with Crippen LogP contribution in [0.25, 0.3) is 10.9 Å². The monoisotopic (exact) mass is 427 g/mol. The Labute approximate surface area is 191 Å². The second kappa shape index (κ2) is 8.47. The lowest BCUT2D eigenvalue weighted by molar-refractivity contribution is 0.103. The van der Waals surface area contributed by atoms with Crippen molar-refractivity contribution in [3.63, 3.8) is 0 Å². The van der Waals surface area contributed by atoms with Crippen molar-refractivity contribution in [2.75, 3.05) is 18.0 Å². The van der Waals surface area contributed by atoms with E-state index in [-0.39, 0.29) is 11.2 Å². The topological polar surface area (TPSA) is 59.9 Å². The summed E-state index contributed by atoms with van der Waals surface area (Å²) in [6.45, 7) is 13.1. The second-order valence-corrected chi connectivity index (χ2v) is 9.42. The second-order valence-electron chi connectivity index (χ2n) is 9.42. The van der Waals surface area contributed by atoms with Crippen LogP contribution in [0.3, 0.4) is 0 Å². The van der Waals surface area contributed by atoms with Gasteiger partial charge in [0.15, 0.2) is 5.78 Å². The number of hydrogen-bond donors (Lipinski definition) is 1. The average Bonchev–Trinajstić information content (AvgIpc) is 3.19. The van der Waals surface area contributed by atoms with E-state index in [9.17, 15) is 10.1 Å². The molecule has 1 aromatic heterocycles. The molecule has 0 bridgehead atoms. The van der Waals surface area contributed by atoms with Gasteiger partial charge in [-0.05, 0) is 54.7 Å². The van der Waals surface area contributed by atoms with Gasteiger partial charge in [0.1, 0.15) is 0 Å². The van der Waals surface area contributed by atoms with Crippen LogP contribution in [0.15, 0.2) is 30.3 Å². The molecule has 1 aliphatic carbocycles. The van der Waals surface area contributed by atoms with E-state index in [4.69, 9.17) is 0 Å². The van der Waals surface area contributed by atoms with Crippen molar-refractivity contribution in [2.45, 2.75) is 65.7 Å². The average molecular weight is 428 g/mol. The van der Waals surface area contributed by atoms with E-state index in [0.29, 0.717) is 5.56 Å². The lowest BCUT2D eigenvalue weighted by Crippen LogP contribution is -2.32. The number of carbonyl (C=O) groups is 1. The fourth-order valence-corrected chi connectivity index (χ4v) is 5.13. The van der Waals surface area contributed by atoms with Crippen molar-refractivity contribution in [3.8, 4) is 6.07 Å². The third kappa shape index (κ3) is 3.41. The van der Waals surface area contributed by atoms with Crippen LogP contribution in [0.2, 0.25) is 0 Å². The summed E-state index contributed by atoms with van der Waals surface area (Å²) < 4.78 is 0. The smallest absolute Gasteiger partial charge is 0.195 e. The number of benzene rings is 2. The maximum atomic E-state index is 13.8. The highest BCUT2D eigenvalue weighted by Gasteiger charge is 2.40. The summed E-state index contributed by atoms with van der Waals surface area (Å²) in [5.41, 5.74) is 7.25. The van der Waals surface area contributed by atoms with E-state index in [2.05, 4.69) is 62.7 Å². The Hall–Kier alpha value is -3.06. The molecule has 0 fully saturated rings. The minimum atomic E-state index is -0.339. The first-order valence-corrected chi connectivity index (χ1v) is 11.9. The Morgan fingerprint density at radius 3 is 2.50 bits per heavy atom. The highest BCUT2D eigenvalue weighted by molar-refractivity contribution is 6.20. The molecule has 0 radical (unpaired) electrons. The van der Waals surface area contributed by atoms with Crippen LogP contribution in [-0.4, -0.2) is 23.9 Å². The molecule has 4 heteroatoms. The third-order valence-corrected chi connectivity index (χ3v) is 6.91. The molecule has 2 aromatic carbocycles. The lowest BCUT2D eigenvalue weighted by atomic mass is 9.70. The molecule has 0 atom stereocenters. The third-order valence-electron chi connectivity index (χ3n) is 6.91. The van der Waals surface area contributed by atoms with Gasteiger partial charge in [-0.25, -0.2) is 0 Å². The number of aryl methyl sites for hydroxylation is 1. The number of anilines is 1. The first kappa shape index (κ1) is 22.1. The maximum absolute atomic E-state index is 13.8. The van der Waals surface area contributed by atoms with Gasteiger partial charge < -0.3 is 9.88 Å². The van der Waals surface area contributed by atoms with Crippen molar-refractivity contribution in [3.05, 3.63) is 63.8 Å². The van der Waals surface area contributed by atoms with Crippen LogP contribution >= 0.6 is 0 Å². The molecule has 1 N–H and O–H groups in total. The molecule has 32 heavy (non-hydrogen) atoms. The molecule has 4 nitrogen and oxygen atoms in total. The standard InChI is InChI=1S/C28H33N3O/c1-6-9-13-31(12-7-2)24-16-22-21(15-19(24)8-3)26(32)25-20-11-10-18(17-29)14-23(20)30-27(25)28(22,4)5/h10-11,14-16,30H,6-9,12-13H2,1-5H3. The summed E-state index contributed by atoms with van der Waals surface area (Å²) in [5, 5.41) is 10.2. The summed E-state index contributed by atoms with van der Waals surface area (Å²) in [5.74, 6) is 0.0853. The summed E-state index contributed by atoms with van der Waals surface area (Å²) in [6.07, 6.45) is 4.32. The molecular weight excluding hydrogens is 394 g/mol. The van der Waals surface area contributed by atoms with Crippen molar-refractivity contribution in [1.82, 2.24) is 4.98 Å². The van der Waals surface area contributed by atoms with E-state index < -0.39 is 0 Å². The van der Waals surface area contributed by atoms with Gasteiger partial charge in [0, 0.05) is 46.4 Å². The number of rotatable bonds is 7. The number of nitrogens with one attached hydrogen (secondary N) is 1. The van der Waals surface area contributed by atoms with E-state index in [1.807, 2.05) is 12.1 Å². The van der Waals surface area contributed by atoms with Crippen LogP contribution in [0.5, 0.6) is 0 Å². The zero-order valence-electron chi connectivity index (χ0n) is 19.9. The van der Waals surface area contributed by atoms with Crippen molar-refractivity contribution >= 4 is 22.4 Å². The van der Waals surface area contributed by atoms with Crippen LogP contribution in [0.1, 0.15) is 92.2 Å². The molecule has 0 saturated heterocycles. The number of fused-ring (bicyclic) bond motifs is 4. The molecule has 1 heterocycles. The fraction of sp³-hybridized carbons (Fsp3) is 0.429. The summed E-state index contributed by atoms with van der Waals surface area (Å²) in [4.78, 5) is 19.8. The Morgan fingerprint density at radius 2 is 1.84 bits per heavy atom. The van der Waals surface area contributed by atoms with Crippen molar-refractivity contribution < 1.29 is 4.79 Å². The summed E-state index contributed by atoms with van der Waals surface area (Å²) in [7, 11) is 0. The lowest BCUT2D eigenvalue weighted by Gasteiger charge is -2.35. The van der Waals surface area contributed by atoms with E-state index in [1.165, 1.54) is 17.7 Å². The molecule has 0 saturated carbocycles. The zero-order chi connectivity index (χ0) is 23.0. The molecule has 0 aliphatic heterocycles. The summed E-state index contributed by atoms with van der Waals surface area (Å²) in [6, 6.07) is 12.2. The molecule has 0 amide bonds. The molecule has 166 valence electrons. The number of ketones is 1. The van der Waals surface area contributed by atoms with Crippen molar-refractivity contribution in [1.29, 1.82) is 5.26 Å². The number of carbonyl (C=O) groups excluding carboxylic acids is 1. The number of nitrogens with zero attached hydrogens (tertiary/aromatic N) is 2. The van der Waals surface area contributed by atoms with Gasteiger partial charge in [-0.3, -0.25) is 4.79 Å². The van der Waals surface area contributed by atoms with E-state index in [1.54, 1.807) is 6.07 Å². The number of unbranched alkanes of at least 4 members (excludes halogenated alkanes) is 1. The molecule has 0 spiro atoms. The molecule has 4 rings (SSSR count). The van der Waals surface area contributed by atoms with Crippen molar-refractivity contribution in [2.24, 2.45) is 0 Å². The van der Waals surface area contributed by atoms with Crippen LogP contribution in [0, 0.1) is 11.3 Å². The molecular formula is C28H33N3O. The maximum Gasteiger partial charge on any atom is 0.195 e. The van der Waals surface area contributed by atoms with Crippen LogP contribution in [-0.2, 0) is 11.8 Å². The highest BCUT2D eigenvalue weighted by atomic mass is 16.1. The van der Waals surface area contributed by atoms with Gasteiger partial charge in [-0.15, -0.1) is 0 Å². The SMILES string of the molecule is CCCCN(CCC)c1cc2c(cc1CC)C(=O)c1c([nH]c3cc(C#N)ccc13)C2(C)C. The van der Waals surface area contributed by atoms with Gasteiger partial charge in [0.25, 0.3) is 0 Å². The number of aromatic nitrogens is 1. The minimum absolute atomic E-state index is 0.0853. The first-order valence-electron chi connectivity index (χ1n) is 11.9. The molecule has 1 aliphatic rings. The van der Waals surface area contributed by atoms with Gasteiger partial charge in [-0.2, -0.15) is 5.26 Å². The molecule has 3 aromatic rings. The number of hydrogen-bond acceptors (Lipinski definition) is 3. The van der Waals surface area contributed by atoms with Crippen LogP contribution < -0.4 is 4.90 Å². The number of H-pyrrole nitrogens is 1.